The lowest BCUT2D eigenvalue weighted by Gasteiger charge is -2.12. The third-order valence-corrected chi connectivity index (χ3v) is 5.09. The van der Waals surface area contributed by atoms with Gasteiger partial charge < -0.3 is 11.1 Å². The molecule has 7 heteroatoms. The Kier molecular flexibility index (Phi) is 3.63. The van der Waals surface area contributed by atoms with Crippen LogP contribution in [0.5, 0.6) is 0 Å². The van der Waals surface area contributed by atoms with Crippen LogP contribution in [0.1, 0.15) is 16.8 Å². The van der Waals surface area contributed by atoms with Gasteiger partial charge in [0.15, 0.2) is 9.84 Å². The Balaban J connectivity index is 2.11. The Hall–Kier alpha value is -1.08. The van der Waals surface area contributed by atoms with E-state index in [2.05, 4.69) is 21.2 Å². The van der Waals surface area contributed by atoms with Gasteiger partial charge in [0, 0.05) is 16.2 Å². The average Bonchev–Trinajstić information content (AvgIpc) is 2.61. The summed E-state index contributed by atoms with van der Waals surface area (Å²) in [4.78, 5) is 12.0. The molecule has 18 heavy (non-hydrogen) atoms. The van der Waals surface area contributed by atoms with Gasteiger partial charge >= 0.3 is 0 Å². The zero-order valence-corrected chi connectivity index (χ0v) is 11.9. The van der Waals surface area contributed by atoms with Crippen LogP contribution in [0.2, 0.25) is 0 Å². The maximum Gasteiger partial charge on any atom is 0.253 e. The van der Waals surface area contributed by atoms with Gasteiger partial charge in [-0.05, 0) is 24.6 Å². The zero-order chi connectivity index (χ0) is 13.3. The maximum atomic E-state index is 12.0. The van der Waals surface area contributed by atoms with Gasteiger partial charge in [0.25, 0.3) is 5.91 Å². The molecule has 1 aromatic rings. The second-order valence-electron chi connectivity index (χ2n) is 4.30. The summed E-state index contributed by atoms with van der Waals surface area (Å²) in [7, 11) is -3.00. The van der Waals surface area contributed by atoms with Crippen molar-refractivity contribution >= 4 is 37.4 Å². The predicted octanol–water partition coefficient (Wildman–Crippen LogP) is 0.948. The van der Waals surface area contributed by atoms with Crippen LogP contribution in [0.25, 0.3) is 0 Å². The van der Waals surface area contributed by atoms with Crippen LogP contribution in [0.4, 0.5) is 5.69 Å². The SMILES string of the molecule is Nc1ccc(Br)cc1C(=O)NC1CCS(=O)(=O)C1. The highest BCUT2D eigenvalue weighted by atomic mass is 79.9. The largest absolute Gasteiger partial charge is 0.398 e. The van der Waals surface area contributed by atoms with Gasteiger partial charge in [-0.2, -0.15) is 0 Å². The number of hydrogen-bond acceptors (Lipinski definition) is 4. The first-order valence-corrected chi connectivity index (χ1v) is 8.05. The van der Waals surface area contributed by atoms with Gasteiger partial charge in [0.2, 0.25) is 0 Å². The van der Waals surface area contributed by atoms with Crippen molar-refractivity contribution in [3.63, 3.8) is 0 Å². The molecule has 1 heterocycles. The van der Waals surface area contributed by atoms with Crippen molar-refractivity contribution in [2.75, 3.05) is 17.2 Å². The number of nitrogen functional groups attached to an aromatic ring is 1. The summed E-state index contributed by atoms with van der Waals surface area (Å²) >= 11 is 3.26. The molecular formula is C11H13BrN2O3S. The van der Waals surface area contributed by atoms with Crippen molar-refractivity contribution in [3.8, 4) is 0 Å². The molecule has 98 valence electrons. The number of hydrogen-bond donors (Lipinski definition) is 2. The van der Waals surface area contributed by atoms with E-state index in [4.69, 9.17) is 5.73 Å². The first-order chi connectivity index (χ1) is 8.37. The van der Waals surface area contributed by atoms with Crippen molar-refractivity contribution in [2.45, 2.75) is 12.5 Å². The number of sulfone groups is 1. The van der Waals surface area contributed by atoms with Gasteiger partial charge in [-0.25, -0.2) is 8.42 Å². The molecule has 1 atom stereocenters. The fourth-order valence-corrected chi connectivity index (χ4v) is 3.93. The molecule has 1 aromatic carbocycles. The third kappa shape index (κ3) is 3.02. The summed E-state index contributed by atoms with van der Waals surface area (Å²) in [5.41, 5.74) is 6.45. The fourth-order valence-electron chi connectivity index (χ4n) is 1.90. The molecule has 1 amide bonds. The molecule has 1 aliphatic heterocycles. The molecule has 0 radical (unpaired) electrons. The van der Waals surface area contributed by atoms with Gasteiger partial charge in [0.05, 0.1) is 17.1 Å². The number of nitrogens with two attached hydrogens (primary N) is 1. The molecule has 2 rings (SSSR count). The third-order valence-electron chi connectivity index (χ3n) is 2.83. The van der Waals surface area contributed by atoms with Crippen molar-refractivity contribution in [1.82, 2.24) is 5.32 Å². The Morgan fingerprint density at radius 2 is 2.17 bits per heavy atom. The van der Waals surface area contributed by atoms with Crippen LogP contribution in [0.3, 0.4) is 0 Å². The van der Waals surface area contributed by atoms with E-state index in [0.717, 1.165) is 4.47 Å². The molecule has 0 aromatic heterocycles. The van der Waals surface area contributed by atoms with E-state index in [1.807, 2.05) is 0 Å². The van der Waals surface area contributed by atoms with E-state index in [-0.39, 0.29) is 23.5 Å². The van der Waals surface area contributed by atoms with Gasteiger partial charge in [-0.3, -0.25) is 4.79 Å². The Labute approximate surface area is 114 Å². The molecule has 0 aliphatic carbocycles. The minimum absolute atomic E-state index is 0.00660. The highest BCUT2D eigenvalue weighted by Crippen LogP contribution is 2.19. The monoisotopic (exact) mass is 332 g/mol. The number of carbonyl (C=O) groups is 1. The molecule has 1 aliphatic rings. The Morgan fingerprint density at radius 3 is 2.78 bits per heavy atom. The van der Waals surface area contributed by atoms with Crippen molar-refractivity contribution in [1.29, 1.82) is 0 Å². The van der Waals surface area contributed by atoms with Crippen molar-refractivity contribution < 1.29 is 13.2 Å². The summed E-state index contributed by atoms with van der Waals surface area (Å²) in [6.07, 6.45) is 0.460. The number of halogens is 1. The van der Waals surface area contributed by atoms with Crippen molar-refractivity contribution in [2.24, 2.45) is 0 Å². The number of carbonyl (C=O) groups excluding carboxylic acids is 1. The molecular weight excluding hydrogens is 320 g/mol. The molecule has 3 N–H and O–H groups in total. The van der Waals surface area contributed by atoms with E-state index >= 15 is 0 Å². The Morgan fingerprint density at radius 1 is 1.44 bits per heavy atom. The molecule has 1 fully saturated rings. The van der Waals surface area contributed by atoms with E-state index < -0.39 is 9.84 Å². The average molecular weight is 333 g/mol. The summed E-state index contributed by atoms with van der Waals surface area (Å²) in [5, 5.41) is 2.70. The first kappa shape index (κ1) is 13.4. The van der Waals surface area contributed by atoms with Gasteiger partial charge in [0.1, 0.15) is 0 Å². The summed E-state index contributed by atoms with van der Waals surface area (Å²) in [6, 6.07) is 4.67. The van der Waals surface area contributed by atoms with Crippen LogP contribution >= 0.6 is 15.9 Å². The van der Waals surface area contributed by atoms with E-state index in [1.54, 1.807) is 18.2 Å². The van der Waals surface area contributed by atoms with Crippen LogP contribution in [0, 0.1) is 0 Å². The van der Waals surface area contributed by atoms with Gasteiger partial charge in [-0.15, -0.1) is 0 Å². The smallest absolute Gasteiger partial charge is 0.253 e. The van der Waals surface area contributed by atoms with Crippen molar-refractivity contribution in [3.05, 3.63) is 28.2 Å². The van der Waals surface area contributed by atoms with Crippen LogP contribution in [0.15, 0.2) is 22.7 Å². The standard InChI is InChI=1S/C11H13BrN2O3S/c12-7-1-2-10(13)9(5-7)11(15)14-8-3-4-18(16,17)6-8/h1-2,5,8H,3-4,6,13H2,(H,14,15). The van der Waals surface area contributed by atoms with Crippen LogP contribution < -0.4 is 11.1 Å². The molecule has 1 saturated heterocycles. The zero-order valence-electron chi connectivity index (χ0n) is 9.52. The highest BCUT2D eigenvalue weighted by Gasteiger charge is 2.29. The summed E-state index contributed by atoms with van der Waals surface area (Å²) in [6.45, 7) is 0. The normalized spacial score (nSPS) is 21.7. The minimum atomic E-state index is -3.00. The lowest BCUT2D eigenvalue weighted by atomic mass is 10.1. The molecule has 0 bridgehead atoms. The number of anilines is 1. The number of rotatable bonds is 2. The highest BCUT2D eigenvalue weighted by molar-refractivity contribution is 9.10. The lowest BCUT2D eigenvalue weighted by molar-refractivity contribution is 0.0942. The first-order valence-electron chi connectivity index (χ1n) is 5.44. The molecule has 1 unspecified atom stereocenters. The number of amides is 1. The van der Waals surface area contributed by atoms with E-state index in [0.29, 0.717) is 17.7 Å². The molecule has 5 nitrogen and oxygen atoms in total. The second-order valence-corrected chi connectivity index (χ2v) is 7.45. The fraction of sp³-hybridized carbons (Fsp3) is 0.364. The summed E-state index contributed by atoms with van der Waals surface area (Å²) < 4.78 is 23.3. The number of nitrogens with one attached hydrogen (secondary N) is 1. The van der Waals surface area contributed by atoms with E-state index in [9.17, 15) is 13.2 Å². The topological polar surface area (TPSA) is 89.3 Å². The predicted molar refractivity (Wildman–Crippen MR) is 73.1 cm³/mol. The van der Waals surface area contributed by atoms with Crippen LogP contribution in [-0.2, 0) is 9.84 Å². The Bertz CT molecular complexity index is 586. The van der Waals surface area contributed by atoms with Gasteiger partial charge in [-0.1, -0.05) is 15.9 Å². The number of benzene rings is 1. The maximum absolute atomic E-state index is 12.0. The van der Waals surface area contributed by atoms with Crippen LogP contribution in [-0.4, -0.2) is 31.9 Å². The lowest BCUT2D eigenvalue weighted by Crippen LogP contribution is -2.35. The second kappa shape index (κ2) is 4.89. The molecule has 0 spiro atoms. The summed E-state index contributed by atoms with van der Waals surface area (Å²) in [5.74, 6) is -0.200. The quantitative estimate of drug-likeness (QED) is 0.789. The molecule has 0 saturated carbocycles. The minimum Gasteiger partial charge on any atom is -0.398 e. The van der Waals surface area contributed by atoms with E-state index in [1.165, 1.54) is 0 Å².